The molecule has 0 radical (unpaired) electrons. The van der Waals surface area contributed by atoms with E-state index >= 15 is 0 Å². The SMILES string of the molecule is CCCN(CC)CC(C)NC. The predicted molar refractivity (Wildman–Crippen MR) is 50.9 cm³/mol. The van der Waals surface area contributed by atoms with Crippen LogP contribution < -0.4 is 5.32 Å². The Kier molecular flexibility index (Phi) is 6.57. The van der Waals surface area contributed by atoms with Crippen LogP contribution in [0.15, 0.2) is 0 Å². The molecule has 1 atom stereocenters. The molecule has 2 heteroatoms. The third-order valence-corrected chi connectivity index (χ3v) is 2.01. The van der Waals surface area contributed by atoms with Crippen molar-refractivity contribution >= 4 is 0 Å². The summed E-state index contributed by atoms with van der Waals surface area (Å²) in [6.45, 7) is 10.2. The summed E-state index contributed by atoms with van der Waals surface area (Å²) in [7, 11) is 2.02. The Morgan fingerprint density at radius 1 is 1.36 bits per heavy atom. The van der Waals surface area contributed by atoms with Crippen LogP contribution >= 0.6 is 0 Å². The van der Waals surface area contributed by atoms with E-state index in [0.717, 1.165) is 0 Å². The second-order valence-corrected chi connectivity index (χ2v) is 3.08. The molecule has 11 heavy (non-hydrogen) atoms. The van der Waals surface area contributed by atoms with E-state index < -0.39 is 0 Å². The molecule has 0 aliphatic carbocycles. The lowest BCUT2D eigenvalue weighted by atomic mass is 10.3. The molecule has 0 aromatic rings. The molecule has 0 bridgehead atoms. The van der Waals surface area contributed by atoms with Crippen LogP contribution in [0.5, 0.6) is 0 Å². The van der Waals surface area contributed by atoms with Gasteiger partial charge in [-0.2, -0.15) is 0 Å². The van der Waals surface area contributed by atoms with Gasteiger partial charge in [-0.15, -0.1) is 0 Å². The number of nitrogens with zero attached hydrogens (tertiary/aromatic N) is 1. The first-order chi connectivity index (χ1) is 5.24. The van der Waals surface area contributed by atoms with Crippen LogP contribution in [0, 0.1) is 0 Å². The summed E-state index contributed by atoms with van der Waals surface area (Å²) < 4.78 is 0. The van der Waals surface area contributed by atoms with E-state index in [1.807, 2.05) is 7.05 Å². The van der Waals surface area contributed by atoms with E-state index in [2.05, 4.69) is 31.0 Å². The normalized spacial score (nSPS) is 13.9. The maximum Gasteiger partial charge on any atom is 0.0163 e. The van der Waals surface area contributed by atoms with Gasteiger partial charge in [-0.3, -0.25) is 0 Å². The van der Waals surface area contributed by atoms with Gasteiger partial charge < -0.3 is 10.2 Å². The van der Waals surface area contributed by atoms with Crippen LogP contribution in [-0.4, -0.2) is 37.6 Å². The smallest absolute Gasteiger partial charge is 0.0163 e. The minimum Gasteiger partial charge on any atom is -0.316 e. The first-order valence-corrected chi connectivity index (χ1v) is 4.64. The molecule has 0 fully saturated rings. The Labute approximate surface area is 71.0 Å². The third-order valence-electron chi connectivity index (χ3n) is 2.01. The summed E-state index contributed by atoms with van der Waals surface area (Å²) in [6, 6.07) is 0.612. The quantitative estimate of drug-likeness (QED) is 0.627. The average Bonchev–Trinajstić information content (AvgIpc) is 2.03. The second-order valence-electron chi connectivity index (χ2n) is 3.08. The van der Waals surface area contributed by atoms with E-state index in [-0.39, 0.29) is 0 Å². The van der Waals surface area contributed by atoms with Crippen LogP contribution in [0.2, 0.25) is 0 Å². The van der Waals surface area contributed by atoms with Crippen LogP contribution in [0.3, 0.4) is 0 Å². The summed E-state index contributed by atoms with van der Waals surface area (Å²) in [5.74, 6) is 0. The molecule has 0 saturated carbocycles. The zero-order chi connectivity index (χ0) is 8.69. The number of hydrogen-bond donors (Lipinski definition) is 1. The molecule has 0 heterocycles. The van der Waals surface area contributed by atoms with Crippen LogP contribution in [0.25, 0.3) is 0 Å². The van der Waals surface area contributed by atoms with Gasteiger partial charge in [0.05, 0.1) is 0 Å². The van der Waals surface area contributed by atoms with Crippen LogP contribution in [0.1, 0.15) is 27.2 Å². The van der Waals surface area contributed by atoms with Gasteiger partial charge in [-0.25, -0.2) is 0 Å². The molecular weight excluding hydrogens is 136 g/mol. The number of likely N-dealkylation sites (N-methyl/N-ethyl adjacent to an activating group) is 2. The Hall–Kier alpha value is -0.0800. The van der Waals surface area contributed by atoms with Crippen molar-refractivity contribution in [1.29, 1.82) is 0 Å². The number of hydrogen-bond acceptors (Lipinski definition) is 2. The fraction of sp³-hybridized carbons (Fsp3) is 1.00. The van der Waals surface area contributed by atoms with Crippen molar-refractivity contribution in [2.24, 2.45) is 0 Å². The van der Waals surface area contributed by atoms with Gasteiger partial charge in [0.1, 0.15) is 0 Å². The summed E-state index contributed by atoms with van der Waals surface area (Å²) in [5, 5.41) is 3.25. The Bertz CT molecular complexity index is 83.6. The highest BCUT2D eigenvalue weighted by Crippen LogP contribution is 1.93. The number of rotatable bonds is 6. The zero-order valence-corrected chi connectivity index (χ0v) is 8.35. The fourth-order valence-corrected chi connectivity index (χ4v) is 1.17. The number of nitrogens with one attached hydrogen (secondary N) is 1. The van der Waals surface area contributed by atoms with E-state index in [0.29, 0.717) is 6.04 Å². The molecule has 68 valence electrons. The maximum atomic E-state index is 3.25. The highest BCUT2D eigenvalue weighted by molar-refractivity contribution is 4.63. The van der Waals surface area contributed by atoms with Gasteiger partial charge >= 0.3 is 0 Å². The molecule has 0 aromatic heterocycles. The molecule has 0 rings (SSSR count). The Balaban J connectivity index is 3.49. The minimum atomic E-state index is 0.612. The van der Waals surface area contributed by atoms with E-state index in [9.17, 15) is 0 Å². The van der Waals surface area contributed by atoms with E-state index in [1.54, 1.807) is 0 Å². The summed E-state index contributed by atoms with van der Waals surface area (Å²) >= 11 is 0. The molecular formula is C9H22N2. The van der Waals surface area contributed by atoms with Gasteiger partial charge in [0.25, 0.3) is 0 Å². The molecule has 1 N–H and O–H groups in total. The van der Waals surface area contributed by atoms with Crippen molar-refractivity contribution in [2.75, 3.05) is 26.7 Å². The van der Waals surface area contributed by atoms with Crippen LogP contribution in [-0.2, 0) is 0 Å². The minimum absolute atomic E-state index is 0.612. The zero-order valence-electron chi connectivity index (χ0n) is 8.35. The van der Waals surface area contributed by atoms with Crippen molar-refractivity contribution in [3.8, 4) is 0 Å². The molecule has 0 amide bonds. The van der Waals surface area contributed by atoms with Crippen molar-refractivity contribution < 1.29 is 0 Å². The maximum absolute atomic E-state index is 3.25. The Morgan fingerprint density at radius 2 is 2.00 bits per heavy atom. The molecule has 0 saturated heterocycles. The van der Waals surface area contributed by atoms with Gasteiger partial charge in [-0.05, 0) is 33.5 Å². The first kappa shape index (κ1) is 10.9. The standard InChI is InChI=1S/C9H22N2/c1-5-7-11(6-2)8-9(3)10-4/h9-10H,5-8H2,1-4H3. The van der Waals surface area contributed by atoms with Crippen molar-refractivity contribution in [2.45, 2.75) is 33.2 Å². The fourth-order valence-electron chi connectivity index (χ4n) is 1.17. The highest BCUT2D eigenvalue weighted by Gasteiger charge is 2.04. The second kappa shape index (κ2) is 6.62. The van der Waals surface area contributed by atoms with Gasteiger partial charge in [0.15, 0.2) is 0 Å². The topological polar surface area (TPSA) is 15.3 Å². The van der Waals surface area contributed by atoms with Gasteiger partial charge in [0, 0.05) is 12.6 Å². The lowest BCUT2D eigenvalue weighted by molar-refractivity contribution is 0.264. The molecule has 0 aliphatic rings. The molecule has 0 spiro atoms. The van der Waals surface area contributed by atoms with Crippen LogP contribution in [0.4, 0.5) is 0 Å². The Morgan fingerprint density at radius 3 is 2.36 bits per heavy atom. The summed E-state index contributed by atoms with van der Waals surface area (Å²) in [6.07, 6.45) is 1.25. The van der Waals surface area contributed by atoms with Crippen molar-refractivity contribution in [1.82, 2.24) is 10.2 Å². The lowest BCUT2D eigenvalue weighted by Gasteiger charge is -2.23. The molecule has 0 aliphatic heterocycles. The molecule has 0 aromatic carbocycles. The van der Waals surface area contributed by atoms with Crippen molar-refractivity contribution in [3.63, 3.8) is 0 Å². The highest BCUT2D eigenvalue weighted by atomic mass is 15.1. The van der Waals surface area contributed by atoms with E-state index in [1.165, 1.54) is 26.1 Å². The molecule has 1 unspecified atom stereocenters. The van der Waals surface area contributed by atoms with Gasteiger partial charge in [-0.1, -0.05) is 13.8 Å². The van der Waals surface area contributed by atoms with E-state index in [4.69, 9.17) is 0 Å². The molecule has 2 nitrogen and oxygen atoms in total. The predicted octanol–water partition coefficient (Wildman–Crippen LogP) is 1.33. The first-order valence-electron chi connectivity index (χ1n) is 4.64. The largest absolute Gasteiger partial charge is 0.316 e. The summed E-state index contributed by atoms with van der Waals surface area (Å²) in [4.78, 5) is 2.47. The third kappa shape index (κ3) is 5.22. The summed E-state index contributed by atoms with van der Waals surface area (Å²) in [5.41, 5.74) is 0. The van der Waals surface area contributed by atoms with Gasteiger partial charge in [0.2, 0.25) is 0 Å². The van der Waals surface area contributed by atoms with Crippen molar-refractivity contribution in [3.05, 3.63) is 0 Å². The monoisotopic (exact) mass is 158 g/mol. The average molecular weight is 158 g/mol. The lowest BCUT2D eigenvalue weighted by Crippen LogP contribution is -2.37.